The van der Waals surface area contributed by atoms with E-state index in [0.717, 1.165) is 18.7 Å². The van der Waals surface area contributed by atoms with Gasteiger partial charge < -0.3 is 10.6 Å². The molecule has 0 spiro atoms. The third kappa shape index (κ3) is 4.51. The second-order valence-corrected chi connectivity index (χ2v) is 5.87. The van der Waals surface area contributed by atoms with Crippen molar-refractivity contribution in [1.82, 2.24) is 10.3 Å². The first-order valence-electron chi connectivity index (χ1n) is 7.69. The van der Waals surface area contributed by atoms with Crippen molar-refractivity contribution in [2.24, 2.45) is 0 Å². The zero-order chi connectivity index (χ0) is 14.4. The van der Waals surface area contributed by atoms with Gasteiger partial charge in [0.15, 0.2) is 0 Å². The maximum atomic E-state index is 12.3. The van der Waals surface area contributed by atoms with E-state index in [-0.39, 0.29) is 5.91 Å². The molecule has 1 aromatic rings. The van der Waals surface area contributed by atoms with E-state index in [1.54, 1.807) is 6.07 Å². The normalized spacial score (nSPS) is 16.8. The van der Waals surface area contributed by atoms with Gasteiger partial charge in [-0.3, -0.25) is 4.79 Å². The van der Waals surface area contributed by atoms with E-state index in [9.17, 15) is 4.79 Å². The molecule has 0 aliphatic heterocycles. The van der Waals surface area contributed by atoms with Gasteiger partial charge in [0, 0.05) is 12.1 Å². The number of hydrogen-bond donors (Lipinski definition) is 2. The van der Waals surface area contributed by atoms with Crippen LogP contribution in [0.25, 0.3) is 0 Å². The molecule has 2 rings (SSSR count). The molecule has 2 N–H and O–H groups in total. The molecular weight excluding hydrogens is 250 g/mol. The number of hydrogen-bond acceptors (Lipinski definition) is 3. The largest absolute Gasteiger partial charge is 0.368 e. The summed E-state index contributed by atoms with van der Waals surface area (Å²) in [6.45, 7) is 4.11. The van der Waals surface area contributed by atoms with Crippen LogP contribution in [0.15, 0.2) is 18.2 Å². The van der Waals surface area contributed by atoms with Crippen LogP contribution in [-0.4, -0.2) is 23.0 Å². The number of nitrogens with zero attached hydrogens (tertiary/aromatic N) is 1. The van der Waals surface area contributed by atoms with Crippen molar-refractivity contribution < 1.29 is 4.79 Å². The summed E-state index contributed by atoms with van der Waals surface area (Å²) in [5.41, 5.74) is 0.500. The predicted molar refractivity (Wildman–Crippen MR) is 82.0 cm³/mol. The SMILES string of the molecule is CC(C)Nc1cccc(C(=O)NC2CCCCCC2)n1. The highest BCUT2D eigenvalue weighted by atomic mass is 16.1. The summed E-state index contributed by atoms with van der Waals surface area (Å²) in [6, 6.07) is 6.16. The lowest BCUT2D eigenvalue weighted by molar-refractivity contribution is 0.0928. The summed E-state index contributed by atoms with van der Waals surface area (Å²) in [4.78, 5) is 16.6. The van der Waals surface area contributed by atoms with Gasteiger partial charge >= 0.3 is 0 Å². The Morgan fingerprint density at radius 2 is 1.90 bits per heavy atom. The summed E-state index contributed by atoms with van der Waals surface area (Å²) >= 11 is 0. The zero-order valence-electron chi connectivity index (χ0n) is 12.5. The second-order valence-electron chi connectivity index (χ2n) is 5.87. The number of aromatic nitrogens is 1. The minimum atomic E-state index is -0.0516. The van der Waals surface area contributed by atoms with Crippen molar-refractivity contribution in [3.8, 4) is 0 Å². The lowest BCUT2D eigenvalue weighted by Gasteiger charge is -2.16. The van der Waals surface area contributed by atoms with Crippen molar-refractivity contribution in [2.75, 3.05) is 5.32 Å². The van der Waals surface area contributed by atoms with Gasteiger partial charge in [-0.05, 0) is 38.8 Å². The summed E-state index contributed by atoms with van der Waals surface area (Å²) in [7, 11) is 0. The quantitative estimate of drug-likeness (QED) is 0.828. The molecule has 0 unspecified atom stereocenters. The van der Waals surface area contributed by atoms with Crippen LogP contribution in [-0.2, 0) is 0 Å². The van der Waals surface area contributed by atoms with Crippen LogP contribution in [0, 0.1) is 0 Å². The molecule has 0 aromatic carbocycles. The smallest absolute Gasteiger partial charge is 0.270 e. The van der Waals surface area contributed by atoms with Crippen LogP contribution in [0.1, 0.15) is 62.9 Å². The van der Waals surface area contributed by atoms with Crippen LogP contribution >= 0.6 is 0 Å². The maximum absolute atomic E-state index is 12.3. The first-order chi connectivity index (χ1) is 9.65. The van der Waals surface area contributed by atoms with E-state index in [2.05, 4.69) is 29.5 Å². The van der Waals surface area contributed by atoms with Crippen molar-refractivity contribution in [3.63, 3.8) is 0 Å². The number of amides is 1. The first kappa shape index (κ1) is 14.8. The molecule has 1 heterocycles. The van der Waals surface area contributed by atoms with Crippen LogP contribution in [0.5, 0.6) is 0 Å². The first-order valence-corrected chi connectivity index (χ1v) is 7.69. The van der Waals surface area contributed by atoms with E-state index in [1.165, 1.54) is 25.7 Å². The van der Waals surface area contributed by atoms with E-state index < -0.39 is 0 Å². The molecule has 1 aliphatic carbocycles. The summed E-state index contributed by atoms with van der Waals surface area (Å²) < 4.78 is 0. The average molecular weight is 275 g/mol. The molecule has 20 heavy (non-hydrogen) atoms. The van der Waals surface area contributed by atoms with Crippen molar-refractivity contribution in [1.29, 1.82) is 0 Å². The highest BCUT2D eigenvalue weighted by Crippen LogP contribution is 2.17. The molecule has 0 bridgehead atoms. The summed E-state index contributed by atoms with van der Waals surface area (Å²) in [6.07, 6.45) is 7.20. The molecule has 0 saturated heterocycles. The van der Waals surface area contributed by atoms with Crippen LogP contribution in [0.3, 0.4) is 0 Å². The van der Waals surface area contributed by atoms with E-state index in [1.807, 2.05) is 12.1 Å². The van der Waals surface area contributed by atoms with Gasteiger partial charge in [0.25, 0.3) is 5.91 Å². The standard InChI is InChI=1S/C16H25N3O/c1-12(2)17-15-11-7-10-14(19-15)16(20)18-13-8-5-3-4-6-9-13/h7,10-13H,3-6,8-9H2,1-2H3,(H,17,19)(H,18,20). The minimum Gasteiger partial charge on any atom is -0.368 e. The van der Waals surface area contributed by atoms with Crippen molar-refractivity contribution in [2.45, 2.75) is 64.5 Å². The Morgan fingerprint density at radius 3 is 2.55 bits per heavy atom. The number of carbonyl (C=O) groups is 1. The Balaban J connectivity index is 1.97. The van der Waals surface area contributed by atoms with Crippen molar-refractivity contribution in [3.05, 3.63) is 23.9 Å². The molecule has 4 heteroatoms. The van der Waals surface area contributed by atoms with Gasteiger partial charge in [-0.1, -0.05) is 31.7 Å². The van der Waals surface area contributed by atoms with Crippen molar-refractivity contribution >= 4 is 11.7 Å². The topological polar surface area (TPSA) is 54.0 Å². The Kier molecular flexibility index (Phi) is 5.39. The van der Waals surface area contributed by atoms with Gasteiger partial charge in [0.2, 0.25) is 0 Å². The minimum absolute atomic E-state index is 0.0516. The molecule has 4 nitrogen and oxygen atoms in total. The Bertz CT molecular complexity index is 437. The number of rotatable bonds is 4. The van der Waals surface area contributed by atoms with Gasteiger partial charge in [-0.25, -0.2) is 4.98 Å². The van der Waals surface area contributed by atoms with E-state index in [4.69, 9.17) is 0 Å². The van der Waals surface area contributed by atoms with Gasteiger partial charge in [0.1, 0.15) is 11.5 Å². The average Bonchev–Trinajstić information content (AvgIpc) is 2.67. The fourth-order valence-corrected chi connectivity index (χ4v) is 2.62. The van der Waals surface area contributed by atoms with Crippen LogP contribution in [0.2, 0.25) is 0 Å². The third-order valence-electron chi connectivity index (χ3n) is 3.61. The molecule has 1 fully saturated rings. The third-order valence-corrected chi connectivity index (χ3v) is 3.61. The van der Waals surface area contributed by atoms with Crippen LogP contribution < -0.4 is 10.6 Å². The molecule has 0 atom stereocenters. The number of pyridine rings is 1. The zero-order valence-corrected chi connectivity index (χ0v) is 12.5. The molecule has 0 radical (unpaired) electrons. The fraction of sp³-hybridized carbons (Fsp3) is 0.625. The maximum Gasteiger partial charge on any atom is 0.270 e. The number of nitrogens with one attached hydrogen (secondary N) is 2. The highest BCUT2D eigenvalue weighted by Gasteiger charge is 2.16. The molecular formula is C16H25N3O. The fourth-order valence-electron chi connectivity index (χ4n) is 2.62. The second kappa shape index (κ2) is 7.27. The van der Waals surface area contributed by atoms with Gasteiger partial charge in [0.05, 0.1) is 0 Å². The summed E-state index contributed by atoms with van der Waals surface area (Å²) in [5.74, 6) is 0.706. The molecule has 1 aromatic heterocycles. The molecule has 1 aliphatic rings. The van der Waals surface area contributed by atoms with E-state index in [0.29, 0.717) is 17.8 Å². The van der Waals surface area contributed by atoms with E-state index >= 15 is 0 Å². The summed E-state index contributed by atoms with van der Waals surface area (Å²) in [5, 5.41) is 6.35. The monoisotopic (exact) mass is 275 g/mol. The van der Waals surface area contributed by atoms with Gasteiger partial charge in [-0.15, -0.1) is 0 Å². The van der Waals surface area contributed by atoms with Crippen LogP contribution in [0.4, 0.5) is 5.82 Å². The molecule has 110 valence electrons. The number of anilines is 1. The molecule has 1 amide bonds. The Labute approximate surface area is 121 Å². The lowest BCUT2D eigenvalue weighted by Crippen LogP contribution is -2.35. The Hall–Kier alpha value is -1.58. The highest BCUT2D eigenvalue weighted by molar-refractivity contribution is 5.92. The number of carbonyl (C=O) groups excluding carboxylic acids is 1. The predicted octanol–water partition coefficient (Wildman–Crippen LogP) is 3.35. The lowest BCUT2D eigenvalue weighted by atomic mass is 10.1. The molecule has 1 saturated carbocycles. The Morgan fingerprint density at radius 1 is 1.20 bits per heavy atom. The van der Waals surface area contributed by atoms with Gasteiger partial charge in [-0.2, -0.15) is 0 Å².